The number of fused-ring (bicyclic) bond motifs is 1. The average Bonchev–Trinajstić information content (AvgIpc) is 2.99. The lowest BCUT2D eigenvalue weighted by molar-refractivity contribution is 0.0109. The number of nitrogens with zero attached hydrogens (tertiary/aromatic N) is 2. The second kappa shape index (κ2) is 5.44. The molecule has 21 heavy (non-hydrogen) atoms. The second-order valence-corrected chi connectivity index (χ2v) is 6.40. The third kappa shape index (κ3) is 2.48. The largest absolute Gasteiger partial charge is 0.461 e. The number of esters is 1. The molecule has 1 aliphatic heterocycles. The molecule has 1 fully saturated rings. The van der Waals surface area contributed by atoms with Crippen molar-refractivity contribution in [2.75, 3.05) is 13.2 Å². The molecule has 1 aliphatic carbocycles. The van der Waals surface area contributed by atoms with Crippen LogP contribution in [0.1, 0.15) is 67.8 Å². The van der Waals surface area contributed by atoms with Crippen molar-refractivity contribution in [3.63, 3.8) is 0 Å². The number of ether oxygens (including phenoxy) is 2. The fourth-order valence-electron chi connectivity index (χ4n) is 3.54. The number of hydrogen-bond acceptors (Lipinski definition) is 4. The van der Waals surface area contributed by atoms with Crippen molar-refractivity contribution in [2.24, 2.45) is 0 Å². The van der Waals surface area contributed by atoms with Gasteiger partial charge < -0.3 is 9.47 Å². The second-order valence-electron chi connectivity index (χ2n) is 6.40. The third-order valence-corrected chi connectivity index (χ3v) is 4.64. The van der Waals surface area contributed by atoms with Crippen LogP contribution >= 0.6 is 0 Å². The molecule has 2 aliphatic rings. The first-order chi connectivity index (χ1) is 10.0. The van der Waals surface area contributed by atoms with Crippen LogP contribution in [0.3, 0.4) is 0 Å². The molecular weight excluding hydrogens is 268 g/mol. The summed E-state index contributed by atoms with van der Waals surface area (Å²) in [7, 11) is 0. The van der Waals surface area contributed by atoms with Crippen LogP contribution in [0.25, 0.3) is 0 Å². The first-order valence-electron chi connectivity index (χ1n) is 7.96. The number of hydrogen-bond donors (Lipinski definition) is 0. The standard InChI is InChI=1S/C16H24N2O3/c1-4-20-15(19)14-11-7-5-6-8-12(11)18(17-14)13-9-10-21-16(13,2)3/h13H,4-10H2,1-3H3. The van der Waals surface area contributed by atoms with Crippen molar-refractivity contribution in [1.29, 1.82) is 0 Å². The minimum atomic E-state index is -0.286. The summed E-state index contributed by atoms with van der Waals surface area (Å²) in [5, 5.41) is 4.65. The Kier molecular flexibility index (Phi) is 3.78. The summed E-state index contributed by atoms with van der Waals surface area (Å²) in [6.07, 6.45) is 5.15. The lowest BCUT2D eigenvalue weighted by atomic mass is 9.93. The molecule has 0 spiro atoms. The Morgan fingerprint density at radius 1 is 1.43 bits per heavy atom. The van der Waals surface area contributed by atoms with E-state index in [1.165, 1.54) is 5.69 Å². The molecule has 0 amide bonds. The van der Waals surface area contributed by atoms with E-state index in [9.17, 15) is 4.79 Å². The maximum absolute atomic E-state index is 12.2. The van der Waals surface area contributed by atoms with Gasteiger partial charge in [-0.1, -0.05) is 0 Å². The van der Waals surface area contributed by atoms with Gasteiger partial charge in [-0.05, 0) is 52.9 Å². The number of carbonyl (C=O) groups is 1. The summed E-state index contributed by atoms with van der Waals surface area (Å²) in [4.78, 5) is 12.2. The van der Waals surface area contributed by atoms with Crippen molar-refractivity contribution >= 4 is 5.97 Å². The van der Waals surface area contributed by atoms with Gasteiger partial charge in [-0.2, -0.15) is 5.10 Å². The SMILES string of the molecule is CCOC(=O)c1nn(C2CCOC2(C)C)c2c1CCCC2. The molecule has 0 saturated carbocycles. The fraction of sp³-hybridized carbons (Fsp3) is 0.750. The molecule has 5 nitrogen and oxygen atoms in total. The first kappa shape index (κ1) is 14.6. The Balaban J connectivity index is 2.03. The van der Waals surface area contributed by atoms with Crippen LogP contribution in [0.5, 0.6) is 0 Å². The molecule has 0 N–H and O–H groups in total. The molecule has 1 atom stereocenters. The summed E-state index contributed by atoms with van der Waals surface area (Å²) in [6.45, 7) is 7.17. The molecular formula is C16H24N2O3. The van der Waals surface area contributed by atoms with Crippen LogP contribution < -0.4 is 0 Å². The molecule has 1 aromatic rings. The third-order valence-electron chi connectivity index (χ3n) is 4.64. The average molecular weight is 292 g/mol. The Bertz CT molecular complexity index is 548. The smallest absolute Gasteiger partial charge is 0.359 e. The van der Waals surface area contributed by atoms with E-state index in [-0.39, 0.29) is 17.6 Å². The van der Waals surface area contributed by atoms with Gasteiger partial charge in [0.1, 0.15) is 0 Å². The van der Waals surface area contributed by atoms with Crippen LogP contribution in [0, 0.1) is 0 Å². The summed E-state index contributed by atoms with van der Waals surface area (Å²) in [6, 6.07) is 0.201. The van der Waals surface area contributed by atoms with Crippen molar-refractivity contribution < 1.29 is 14.3 Å². The van der Waals surface area contributed by atoms with E-state index in [0.717, 1.165) is 44.3 Å². The highest BCUT2D eigenvalue weighted by Gasteiger charge is 2.40. The molecule has 1 aromatic heterocycles. The van der Waals surface area contributed by atoms with Crippen LogP contribution in [-0.2, 0) is 22.3 Å². The molecule has 1 saturated heterocycles. The zero-order valence-electron chi connectivity index (χ0n) is 13.1. The molecule has 0 aromatic carbocycles. The Morgan fingerprint density at radius 3 is 2.86 bits per heavy atom. The highest BCUT2D eigenvalue weighted by atomic mass is 16.5. The predicted molar refractivity (Wildman–Crippen MR) is 78.5 cm³/mol. The molecule has 116 valence electrons. The van der Waals surface area contributed by atoms with Gasteiger partial charge in [-0.3, -0.25) is 4.68 Å². The summed E-state index contributed by atoms with van der Waals surface area (Å²) in [5.74, 6) is -0.286. The predicted octanol–water partition coefficient (Wildman–Crippen LogP) is 2.68. The van der Waals surface area contributed by atoms with Crippen LogP contribution in [-0.4, -0.2) is 34.6 Å². The Hall–Kier alpha value is -1.36. The maximum atomic E-state index is 12.2. The minimum absolute atomic E-state index is 0.201. The lowest BCUT2D eigenvalue weighted by Gasteiger charge is -2.28. The highest BCUT2D eigenvalue weighted by Crippen LogP contribution is 2.38. The van der Waals surface area contributed by atoms with E-state index in [1.54, 1.807) is 0 Å². The van der Waals surface area contributed by atoms with E-state index in [2.05, 4.69) is 23.6 Å². The fourth-order valence-corrected chi connectivity index (χ4v) is 3.54. The lowest BCUT2D eigenvalue weighted by Crippen LogP contribution is -2.31. The zero-order valence-corrected chi connectivity index (χ0v) is 13.1. The van der Waals surface area contributed by atoms with Gasteiger partial charge in [-0.25, -0.2) is 4.79 Å². The Morgan fingerprint density at radius 2 is 2.19 bits per heavy atom. The topological polar surface area (TPSA) is 53.3 Å². The van der Waals surface area contributed by atoms with E-state index < -0.39 is 0 Å². The summed E-state index contributed by atoms with van der Waals surface area (Å²) >= 11 is 0. The monoisotopic (exact) mass is 292 g/mol. The van der Waals surface area contributed by atoms with E-state index >= 15 is 0 Å². The first-order valence-corrected chi connectivity index (χ1v) is 7.96. The van der Waals surface area contributed by atoms with Gasteiger partial charge in [0.2, 0.25) is 0 Å². The number of rotatable bonds is 3. The van der Waals surface area contributed by atoms with E-state index in [1.807, 2.05) is 6.92 Å². The van der Waals surface area contributed by atoms with Crippen molar-refractivity contribution in [2.45, 2.75) is 64.5 Å². The summed E-state index contributed by atoms with van der Waals surface area (Å²) in [5.41, 5.74) is 2.60. The molecule has 5 heteroatoms. The van der Waals surface area contributed by atoms with Crippen LogP contribution in [0.2, 0.25) is 0 Å². The quantitative estimate of drug-likeness (QED) is 0.804. The Labute approximate surface area is 125 Å². The minimum Gasteiger partial charge on any atom is -0.461 e. The number of aromatic nitrogens is 2. The van der Waals surface area contributed by atoms with Crippen LogP contribution in [0.15, 0.2) is 0 Å². The normalized spacial score (nSPS) is 23.9. The van der Waals surface area contributed by atoms with Crippen molar-refractivity contribution in [1.82, 2.24) is 9.78 Å². The molecule has 2 heterocycles. The zero-order chi connectivity index (χ0) is 15.0. The van der Waals surface area contributed by atoms with Gasteiger partial charge in [0.15, 0.2) is 5.69 Å². The molecule has 0 bridgehead atoms. The van der Waals surface area contributed by atoms with Gasteiger partial charge in [0.05, 0.1) is 18.2 Å². The summed E-state index contributed by atoms with van der Waals surface area (Å²) < 4.78 is 13.1. The molecule has 3 rings (SSSR count). The number of carbonyl (C=O) groups excluding carboxylic acids is 1. The van der Waals surface area contributed by atoms with E-state index in [4.69, 9.17) is 9.47 Å². The molecule has 0 radical (unpaired) electrons. The van der Waals surface area contributed by atoms with Gasteiger partial charge in [0.25, 0.3) is 0 Å². The maximum Gasteiger partial charge on any atom is 0.359 e. The van der Waals surface area contributed by atoms with E-state index in [0.29, 0.717) is 12.3 Å². The van der Waals surface area contributed by atoms with Gasteiger partial charge in [-0.15, -0.1) is 0 Å². The van der Waals surface area contributed by atoms with Crippen LogP contribution in [0.4, 0.5) is 0 Å². The van der Waals surface area contributed by atoms with Gasteiger partial charge in [0, 0.05) is 17.9 Å². The van der Waals surface area contributed by atoms with Gasteiger partial charge >= 0.3 is 5.97 Å². The molecule has 1 unspecified atom stereocenters. The van der Waals surface area contributed by atoms with Crippen molar-refractivity contribution in [3.05, 3.63) is 17.0 Å². The highest BCUT2D eigenvalue weighted by molar-refractivity contribution is 5.89. The van der Waals surface area contributed by atoms with Crippen molar-refractivity contribution in [3.8, 4) is 0 Å².